The molecule has 1 aliphatic rings. The minimum absolute atomic E-state index is 0.0346. The molecule has 5 heteroatoms. The summed E-state index contributed by atoms with van der Waals surface area (Å²) in [6, 6.07) is 5.86. The first-order chi connectivity index (χ1) is 9.19. The standard InChI is InChI=1S/C14H14N2O2S/c1-8-3-4-9(12(5-8)18-2)13-15-11-7-19-6-10(11)14(17)16-13/h3-5H,6-7H2,1-2H3,(H,15,16,17). The lowest BCUT2D eigenvalue weighted by atomic mass is 10.1. The van der Waals surface area contributed by atoms with Crippen molar-refractivity contribution in [2.75, 3.05) is 7.11 Å². The molecule has 4 nitrogen and oxygen atoms in total. The molecule has 98 valence electrons. The van der Waals surface area contributed by atoms with Crippen molar-refractivity contribution >= 4 is 11.8 Å². The highest BCUT2D eigenvalue weighted by Crippen LogP contribution is 2.31. The van der Waals surface area contributed by atoms with Crippen LogP contribution in [0.1, 0.15) is 16.8 Å². The first-order valence-electron chi connectivity index (χ1n) is 6.04. The van der Waals surface area contributed by atoms with E-state index in [0.717, 1.165) is 39.6 Å². The second kappa shape index (κ2) is 4.74. The molecule has 0 unspecified atom stereocenters. The number of H-pyrrole nitrogens is 1. The zero-order valence-electron chi connectivity index (χ0n) is 10.8. The number of hydrogen-bond acceptors (Lipinski definition) is 4. The Hall–Kier alpha value is -1.75. The maximum atomic E-state index is 12.0. The van der Waals surface area contributed by atoms with Crippen molar-refractivity contribution in [3.05, 3.63) is 45.4 Å². The molecule has 0 bridgehead atoms. The van der Waals surface area contributed by atoms with Crippen LogP contribution in [-0.4, -0.2) is 17.1 Å². The molecule has 2 heterocycles. The molecule has 19 heavy (non-hydrogen) atoms. The molecule has 0 saturated carbocycles. The largest absolute Gasteiger partial charge is 0.496 e. The molecule has 2 aromatic rings. The van der Waals surface area contributed by atoms with Crippen LogP contribution >= 0.6 is 11.8 Å². The number of rotatable bonds is 2. The van der Waals surface area contributed by atoms with Crippen molar-refractivity contribution in [3.63, 3.8) is 0 Å². The number of methoxy groups -OCH3 is 1. The van der Waals surface area contributed by atoms with E-state index < -0.39 is 0 Å². The molecule has 1 aromatic carbocycles. The van der Waals surface area contributed by atoms with Gasteiger partial charge in [0.15, 0.2) is 0 Å². The van der Waals surface area contributed by atoms with Gasteiger partial charge in [0.25, 0.3) is 5.56 Å². The van der Waals surface area contributed by atoms with Gasteiger partial charge < -0.3 is 9.72 Å². The summed E-state index contributed by atoms with van der Waals surface area (Å²) in [6.45, 7) is 2.00. The Morgan fingerprint density at radius 3 is 3.00 bits per heavy atom. The zero-order valence-corrected chi connectivity index (χ0v) is 11.6. The van der Waals surface area contributed by atoms with Gasteiger partial charge in [0, 0.05) is 17.1 Å². The summed E-state index contributed by atoms with van der Waals surface area (Å²) in [6.07, 6.45) is 0. The molecular weight excluding hydrogens is 260 g/mol. The predicted molar refractivity (Wildman–Crippen MR) is 76.6 cm³/mol. The third-order valence-corrected chi connectivity index (χ3v) is 4.17. The molecule has 0 aliphatic carbocycles. The van der Waals surface area contributed by atoms with Crippen LogP contribution in [0, 0.1) is 6.92 Å². The SMILES string of the molecule is COc1cc(C)ccc1-c1nc2c(c(=O)[nH]1)CSC2. The first-order valence-corrected chi connectivity index (χ1v) is 7.19. The summed E-state index contributed by atoms with van der Waals surface area (Å²) < 4.78 is 5.37. The Kier molecular flexibility index (Phi) is 3.06. The molecule has 0 amide bonds. The molecule has 3 rings (SSSR count). The Morgan fingerprint density at radius 2 is 2.21 bits per heavy atom. The van der Waals surface area contributed by atoms with Crippen LogP contribution < -0.4 is 10.3 Å². The highest BCUT2D eigenvalue weighted by atomic mass is 32.2. The fourth-order valence-corrected chi connectivity index (χ4v) is 3.22. The third-order valence-electron chi connectivity index (χ3n) is 3.20. The second-order valence-corrected chi connectivity index (χ2v) is 5.52. The Morgan fingerprint density at radius 1 is 1.37 bits per heavy atom. The van der Waals surface area contributed by atoms with Gasteiger partial charge in [0.1, 0.15) is 11.6 Å². The average molecular weight is 274 g/mol. The van der Waals surface area contributed by atoms with Gasteiger partial charge >= 0.3 is 0 Å². The summed E-state index contributed by atoms with van der Waals surface area (Å²) >= 11 is 1.72. The van der Waals surface area contributed by atoms with E-state index in [-0.39, 0.29) is 5.56 Å². The number of aromatic nitrogens is 2. The van der Waals surface area contributed by atoms with Crippen LogP contribution in [-0.2, 0) is 11.5 Å². The van der Waals surface area contributed by atoms with Crippen molar-refractivity contribution in [2.45, 2.75) is 18.4 Å². The van der Waals surface area contributed by atoms with Crippen molar-refractivity contribution in [2.24, 2.45) is 0 Å². The maximum absolute atomic E-state index is 12.0. The number of aryl methyl sites for hydroxylation is 1. The number of benzene rings is 1. The monoisotopic (exact) mass is 274 g/mol. The van der Waals surface area contributed by atoms with E-state index in [1.54, 1.807) is 18.9 Å². The number of hydrogen-bond donors (Lipinski definition) is 1. The number of nitrogens with zero attached hydrogens (tertiary/aromatic N) is 1. The lowest BCUT2D eigenvalue weighted by Gasteiger charge is -2.09. The fourth-order valence-electron chi connectivity index (χ4n) is 2.18. The van der Waals surface area contributed by atoms with Gasteiger partial charge in [-0.1, -0.05) is 6.07 Å². The van der Waals surface area contributed by atoms with Crippen molar-refractivity contribution in [1.82, 2.24) is 9.97 Å². The van der Waals surface area contributed by atoms with Gasteiger partial charge in [-0.25, -0.2) is 4.98 Å². The second-order valence-electron chi connectivity index (χ2n) is 4.54. The lowest BCUT2D eigenvalue weighted by molar-refractivity contribution is 0.416. The van der Waals surface area contributed by atoms with Crippen LogP contribution in [0.3, 0.4) is 0 Å². The van der Waals surface area contributed by atoms with Crippen LogP contribution in [0.25, 0.3) is 11.4 Å². The summed E-state index contributed by atoms with van der Waals surface area (Å²) in [7, 11) is 1.62. The molecule has 0 atom stereocenters. The number of aromatic amines is 1. The van der Waals surface area contributed by atoms with Crippen LogP contribution in [0.4, 0.5) is 0 Å². The average Bonchev–Trinajstić information content (AvgIpc) is 2.87. The summed E-state index contributed by atoms with van der Waals surface area (Å²) in [5.74, 6) is 2.88. The normalized spacial score (nSPS) is 13.4. The number of ether oxygens (including phenoxy) is 1. The molecule has 0 radical (unpaired) electrons. The van der Waals surface area contributed by atoms with E-state index in [9.17, 15) is 4.79 Å². The van der Waals surface area contributed by atoms with Crippen molar-refractivity contribution in [1.29, 1.82) is 0 Å². The maximum Gasteiger partial charge on any atom is 0.255 e. The molecular formula is C14H14N2O2S. The molecule has 0 fully saturated rings. The van der Waals surface area contributed by atoms with Gasteiger partial charge in [0.05, 0.1) is 18.4 Å². The van der Waals surface area contributed by atoms with E-state index >= 15 is 0 Å². The Bertz CT molecular complexity index is 694. The zero-order chi connectivity index (χ0) is 13.4. The van der Waals surface area contributed by atoms with Gasteiger partial charge in [-0.2, -0.15) is 11.8 Å². The fraction of sp³-hybridized carbons (Fsp3) is 0.286. The highest BCUT2D eigenvalue weighted by Gasteiger charge is 2.19. The lowest BCUT2D eigenvalue weighted by Crippen LogP contribution is -2.15. The molecule has 1 aromatic heterocycles. The minimum atomic E-state index is -0.0346. The Balaban J connectivity index is 2.18. The molecule has 0 saturated heterocycles. The number of thioether (sulfide) groups is 1. The van der Waals surface area contributed by atoms with Crippen molar-refractivity contribution < 1.29 is 4.74 Å². The topological polar surface area (TPSA) is 55.0 Å². The van der Waals surface area contributed by atoms with Gasteiger partial charge in [0.2, 0.25) is 0 Å². The van der Waals surface area contributed by atoms with E-state index in [4.69, 9.17) is 4.74 Å². The quantitative estimate of drug-likeness (QED) is 0.914. The van der Waals surface area contributed by atoms with Gasteiger partial charge in [-0.3, -0.25) is 4.79 Å². The van der Waals surface area contributed by atoms with E-state index in [2.05, 4.69) is 9.97 Å². The smallest absolute Gasteiger partial charge is 0.255 e. The minimum Gasteiger partial charge on any atom is -0.496 e. The Labute approximate surface area is 115 Å². The van der Waals surface area contributed by atoms with E-state index in [0.29, 0.717) is 5.82 Å². The summed E-state index contributed by atoms with van der Waals surface area (Å²) in [5.41, 5.74) is 3.60. The van der Waals surface area contributed by atoms with Gasteiger partial charge in [-0.15, -0.1) is 0 Å². The van der Waals surface area contributed by atoms with E-state index in [1.807, 2.05) is 25.1 Å². The van der Waals surface area contributed by atoms with Crippen molar-refractivity contribution in [3.8, 4) is 17.1 Å². The predicted octanol–water partition coefficient (Wildman–Crippen LogP) is 2.50. The highest BCUT2D eigenvalue weighted by molar-refractivity contribution is 7.98. The first kappa shape index (κ1) is 12.3. The van der Waals surface area contributed by atoms with E-state index in [1.165, 1.54) is 0 Å². The van der Waals surface area contributed by atoms with Crippen LogP contribution in [0.5, 0.6) is 5.75 Å². The summed E-state index contributed by atoms with van der Waals surface area (Å²) in [5, 5.41) is 0. The molecule has 0 spiro atoms. The molecule has 1 N–H and O–H groups in total. The third kappa shape index (κ3) is 2.14. The number of nitrogens with one attached hydrogen (secondary N) is 1. The van der Waals surface area contributed by atoms with Gasteiger partial charge in [-0.05, 0) is 24.6 Å². The molecule has 1 aliphatic heterocycles. The summed E-state index contributed by atoms with van der Waals surface area (Å²) in [4.78, 5) is 19.4. The van der Waals surface area contributed by atoms with Crippen LogP contribution in [0.2, 0.25) is 0 Å². The van der Waals surface area contributed by atoms with Crippen LogP contribution in [0.15, 0.2) is 23.0 Å². The number of fused-ring (bicyclic) bond motifs is 1.